The summed E-state index contributed by atoms with van der Waals surface area (Å²) in [6.45, 7) is 8.60. The van der Waals surface area contributed by atoms with Gasteiger partial charge in [0, 0.05) is 25.7 Å². The standard InChI is InChI=1S/C19H33N3O3/c1-14-12-25-19(2,3)13-22(14)17(23)15-7-6-10-21(11-15)18(24)20-16-8-4-5-9-16/h14-16H,4-13H2,1-3H3,(H,20,24)/t14-,15?/m0/s1. The highest BCUT2D eigenvalue weighted by atomic mass is 16.5. The second-order valence-corrected chi connectivity index (χ2v) is 8.60. The first-order valence-electron chi connectivity index (χ1n) is 9.85. The van der Waals surface area contributed by atoms with Crippen molar-refractivity contribution in [3.8, 4) is 0 Å². The van der Waals surface area contributed by atoms with Crippen LogP contribution >= 0.6 is 0 Å². The molecule has 0 radical (unpaired) electrons. The summed E-state index contributed by atoms with van der Waals surface area (Å²) in [4.78, 5) is 29.4. The van der Waals surface area contributed by atoms with Crippen molar-refractivity contribution in [1.29, 1.82) is 0 Å². The van der Waals surface area contributed by atoms with Gasteiger partial charge in [-0.05, 0) is 46.5 Å². The molecule has 2 aliphatic heterocycles. The zero-order valence-electron chi connectivity index (χ0n) is 15.9. The predicted octanol–water partition coefficient (Wildman–Crippen LogP) is 2.38. The molecule has 6 nitrogen and oxygen atoms in total. The number of piperidine rings is 1. The lowest BCUT2D eigenvalue weighted by Gasteiger charge is -2.44. The third-order valence-corrected chi connectivity index (χ3v) is 5.82. The lowest BCUT2D eigenvalue weighted by Crippen LogP contribution is -2.58. The Morgan fingerprint density at radius 3 is 2.56 bits per heavy atom. The van der Waals surface area contributed by atoms with Crippen molar-refractivity contribution in [3.63, 3.8) is 0 Å². The van der Waals surface area contributed by atoms with Crippen LogP contribution in [0.4, 0.5) is 4.79 Å². The van der Waals surface area contributed by atoms with E-state index >= 15 is 0 Å². The van der Waals surface area contributed by atoms with Crippen LogP contribution < -0.4 is 5.32 Å². The Morgan fingerprint density at radius 1 is 1.12 bits per heavy atom. The second-order valence-electron chi connectivity index (χ2n) is 8.60. The Bertz CT molecular complexity index is 502. The third kappa shape index (κ3) is 4.46. The van der Waals surface area contributed by atoms with E-state index in [-0.39, 0.29) is 29.5 Å². The maximum absolute atomic E-state index is 13.1. The molecule has 25 heavy (non-hydrogen) atoms. The lowest BCUT2D eigenvalue weighted by atomic mass is 9.94. The van der Waals surface area contributed by atoms with Crippen molar-refractivity contribution in [2.45, 2.75) is 77.0 Å². The summed E-state index contributed by atoms with van der Waals surface area (Å²) in [5.41, 5.74) is -0.295. The van der Waals surface area contributed by atoms with Gasteiger partial charge in [-0.2, -0.15) is 0 Å². The van der Waals surface area contributed by atoms with Gasteiger partial charge in [0.1, 0.15) is 0 Å². The van der Waals surface area contributed by atoms with Crippen molar-refractivity contribution in [2.75, 3.05) is 26.2 Å². The van der Waals surface area contributed by atoms with Gasteiger partial charge in [0.05, 0.1) is 24.2 Å². The highest BCUT2D eigenvalue weighted by molar-refractivity contribution is 5.81. The summed E-state index contributed by atoms with van der Waals surface area (Å²) >= 11 is 0. The third-order valence-electron chi connectivity index (χ3n) is 5.82. The highest BCUT2D eigenvalue weighted by Crippen LogP contribution is 2.26. The van der Waals surface area contributed by atoms with Gasteiger partial charge in [0.15, 0.2) is 0 Å². The number of carbonyl (C=O) groups excluding carboxylic acids is 2. The zero-order chi connectivity index (χ0) is 18.0. The van der Waals surface area contributed by atoms with Gasteiger partial charge in [-0.25, -0.2) is 4.79 Å². The van der Waals surface area contributed by atoms with E-state index < -0.39 is 0 Å². The molecule has 1 saturated carbocycles. The largest absolute Gasteiger partial charge is 0.372 e. The zero-order valence-corrected chi connectivity index (χ0v) is 15.9. The van der Waals surface area contributed by atoms with E-state index in [0.29, 0.717) is 25.7 Å². The molecule has 0 aromatic rings. The molecule has 1 N–H and O–H groups in total. The Morgan fingerprint density at radius 2 is 1.84 bits per heavy atom. The number of carbonyl (C=O) groups is 2. The first-order chi connectivity index (χ1) is 11.9. The van der Waals surface area contributed by atoms with E-state index in [0.717, 1.165) is 32.2 Å². The number of urea groups is 1. The molecule has 0 aromatic carbocycles. The first kappa shape index (κ1) is 18.5. The minimum Gasteiger partial charge on any atom is -0.372 e. The Hall–Kier alpha value is -1.30. The molecule has 0 bridgehead atoms. The molecule has 6 heteroatoms. The summed E-state index contributed by atoms with van der Waals surface area (Å²) in [7, 11) is 0. The van der Waals surface area contributed by atoms with Crippen LogP contribution in [0, 0.1) is 5.92 Å². The Balaban J connectivity index is 1.58. The number of morpholine rings is 1. The van der Waals surface area contributed by atoms with Crippen molar-refractivity contribution in [2.24, 2.45) is 5.92 Å². The molecule has 3 fully saturated rings. The monoisotopic (exact) mass is 351 g/mol. The molecule has 1 aliphatic carbocycles. The van der Waals surface area contributed by atoms with E-state index in [2.05, 4.69) is 5.32 Å². The minimum atomic E-state index is -0.295. The maximum atomic E-state index is 13.1. The van der Waals surface area contributed by atoms with Crippen LogP contribution in [0.5, 0.6) is 0 Å². The van der Waals surface area contributed by atoms with E-state index in [9.17, 15) is 9.59 Å². The highest BCUT2D eigenvalue weighted by Gasteiger charge is 2.39. The Labute approximate surface area is 151 Å². The van der Waals surface area contributed by atoms with Crippen LogP contribution in [0.25, 0.3) is 0 Å². The van der Waals surface area contributed by atoms with Crippen LogP contribution in [-0.4, -0.2) is 65.7 Å². The van der Waals surface area contributed by atoms with Crippen LogP contribution in [0.15, 0.2) is 0 Å². The molecule has 2 atom stereocenters. The molecule has 142 valence electrons. The topological polar surface area (TPSA) is 61.9 Å². The van der Waals surface area contributed by atoms with Gasteiger partial charge in [0.2, 0.25) is 5.91 Å². The van der Waals surface area contributed by atoms with Gasteiger partial charge in [-0.1, -0.05) is 12.8 Å². The van der Waals surface area contributed by atoms with Gasteiger partial charge in [-0.3, -0.25) is 4.79 Å². The van der Waals surface area contributed by atoms with Crippen molar-refractivity contribution in [3.05, 3.63) is 0 Å². The number of rotatable bonds is 2. The van der Waals surface area contributed by atoms with Gasteiger partial charge in [-0.15, -0.1) is 0 Å². The summed E-state index contributed by atoms with van der Waals surface area (Å²) in [6, 6.07) is 0.437. The van der Waals surface area contributed by atoms with E-state index in [1.54, 1.807) is 0 Å². The molecular weight excluding hydrogens is 318 g/mol. The molecule has 3 rings (SSSR count). The quantitative estimate of drug-likeness (QED) is 0.831. The fraction of sp³-hybridized carbons (Fsp3) is 0.895. The van der Waals surface area contributed by atoms with E-state index in [4.69, 9.17) is 4.74 Å². The average molecular weight is 351 g/mol. The molecule has 2 heterocycles. The van der Waals surface area contributed by atoms with Gasteiger partial charge < -0.3 is 19.9 Å². The fourth-order valence-corrected chi connectivity index (χ4v) is 4.28. The number of ether oxygens (including phenoxy) is 1. The molecule has 0 aromatic heterocycles. The molecule has 1 unspecified atom stereocenters. The molecular formula is C19H33N3O3. The van der Waals surface area contributed by atoms with Crippen molar-refractivity contribution >= 4 is 11.9 Å². The number of hydrogen-bond acceptors (Lipinski definition) is 3. The minimum absolute atomic E-state index is 0.0137. The number of nitrogens with zero attached hydrogens (tertiary/aromatic N) is 2. The van der Waals surface area contributed by atoms with Crippen LogP contribution in [0.2, 0.25) is 0 Å². The van der Waals surface area contributed by atoms with Crippen molar-refractivity contribution < 1.29 is 14.3 Å². The van der Waals surface area contributed by atoms with Crippen molar-refractivity contribution in [1.82, 2.24) is 15.1 Å². The predicted molar refractivity (Wildman–Crippen MR) is 96.3 cm³/mol. The van der Waals surface area contributed by atoms with E-state index in [1.165, 1.54) is 12.8 Å². The first-order valence-corrected chi connectivity index (χ1v) is 9.85. The smallest absolute Gasteiger partial charge is 0.317 e. The SMILES string of the molecule is C[C@H]1COC(C)(C)CN1C(=O)C1CCCN(C(=O)NC2CCCC2)C1. The number of nitrogens with one attached hydrogen (secondary N) is 1. The van der Waals surface area contributed by atoms with Crippen LogP contribution in [-0.2, 0) is 9.53 Å². The average Bonchev–Trinajstić information content (AvgIpc) is 3.09. The van der Waals surface area contributed by atoms with Gasteiger partial charge in [0.25, 0.3) is 0 Å². The second kappa shape index (κ2) is 7.52. The molecule has 2 saturated heterocycles. The van der Waals surface area contributed by atoms with Gasteiger partial charge >= 0.3 is 6.03 Å². The lowest BCUT2D eigenvalue weighted by molar-refractivity contribution is -0.159. The number of likely N-dealkylation sites (tertiary alicyclic amines) is 1. The maximum Gasteiger partial charge on any atom is 0.317 e. The molecule has 3 amide bonds. The molecule has 3 aliphatic rings. The number of amides is 3. The summed E-state index contributed by atoms with van der Waals surface area (Å²) in [6.07, 6.45) is 6.35. The van der Waals surface area contributed by atoms with Crippen LogP contribution in [0.3, 0.4) is 0 Å². The summed E-state index contributed by atoms with van der Waals surface area (Å²) in [5, 5.41) is 3.15. The normalized spacial score (nSPS) is 30.4. The van der Waals surface area contributed by atoms with Crippen LogP contribution in [0.1, 0.15) is 59.3 Å². The summed E-state index contributed by atoms with van der Waals surface area (Å²) < 4.78 is 5.81. The summed E-state index contributed by atoms with van der Waals surface area (Å²) in [5.74, 6) is 0.0988. The number of hydrogen-bond donors (Lipinski definition) is 1. The van der Waals surface area contributed by atoms with E-state index in [1.807, 2.05) is 30.6 Å². The fourth-order valence-electron chi connectivity index (χ4n) is 4.28. The Kier molecular flexibility index (Phi) is 5.56. The molecule has 0 spiro atoms.